The molecule has 8 nitrogen and oxygen atoms in total. The zero-order valence-corrected chi connectivity index (χ0v) is 19.1. The minimum Gasteiger partial charge on any atom is -0.475 e. The summed E-state index contributed by atoms with van der Waals surface area (Å²) in [5.74, 6) is -3.11. The van der Waals surface area contributed by atoms with Crippen LogP contribution in [-0.2, 0) is 14.8 Å². The zero-order valence-electron chi connectivity index (χ0n) is 18.3. The van der Waals surface area contributed by atoms with E-state index in [1.54, 1.807) is 30.5 Å². The second-order valence-electron chi connectivity index (χ2n) is 7.66. The van der Waals surface area contributed by atoms with Gasteiger partial charge < -0.3 is 10.4 Å². The van der Waals surface area contributed by atoms with E-state index in [0.717, 1.165) is 30.2 Å². The van der Waals surface area contributed by atoms with Gasteiger partial charge in [0.25, 0.3) is 5.91 Å². The Balaban J connectivity index is 0.000000429. The number of pyridine rings is 1. The van der Waals surface area contributed by atoms with Crippen LogP contribution in [0, 0.1) is 0 Å². The number of fused-ring (bicyclic) bond motifs is 1. The number of benzene rings is 2. The van der Waals surface area contributed by atoms with Crippen molar-refractivity contribution in [3.8, 4) is 0 Å². The van der Waals surface area contributed by atoms with Gasteiger partial charge in [-0.15, -0.1) is 0 Å². The van der Waals surface area contributed by atoms with Crippen molar-refractivity contribution in [3.63, 3.8) is 0 Å². The number of aliphatic carboxylic acids is 1. The molecule has 0 unspecified atom stereocenters. The summed E-state index contributed by atoms with van der Waals surface area (Å²) >= 11 is 0. The molecule has 1 aliphatic heterocycles. The van der Waals surface area contributed by atoms with Gasteiger partial charge in [0.15, 0.2) is 0 Å². The summed E-state index contributed by atoms with van der Waals surface area (Å²) in [6.45, 7) is 1.06. The van der Waals surface area contributed by atoms with Crippen molar-refractivity contribution >= 4 is 38.5 Å². The molecule has 0 saturated carbocycles. The molecule has 4 rings (SSSR count). The molecular weight excluding hydrogens is 487 g/mol. The van der Waals surface area contributed by atoms with E-state index in [4.69, 9.17) is 9.90 Å². The molecule has 0 radical (unpaired) electrons. The molecule has 2 heterocycles. The van der Waals surface area contributed by atoms with Gasteiger partial charge in [0, 0.05) is 35.9 Å². The molecular formula is C23H22F3N3O5S. The van der Waals surface area contributed by atoms with E-state index < -0.39 is 22.2 Å². The third-order valence-corrected chi connectivity index (χ3v) is 7.05. The number of piperidine rings is 1. The van der Waals surface area contributed by atoms with E-state index >= 15 is 0 Å². The number of carbonyl (C=O) groups is 2. The second-order valence-corrected chi connectivity index (χ2v) is 9.60. The van der Waals surface area contributed by atoms with E-state index in [9.17, 15) is 26.4 Å². The van der Waals surface area contributed by atoms with E-state index in [2.05, 4.69) is 10.3 Å². The summed E-state index contributed by atoms with van der Waals surface area (Å²) in [5, 5.41) is 10.9. The van der Waals surface area contributed by atoms with Gasteiger partial charge in [-0.05, 0) is 55.3 Å². The van der Waals surface area contributed by atoms with Crippen molar-refractivity contribution in [1.29, 1.82) is 0 Å². The number of carboxylic acids is 1. The van der Waals surface area contributed by atoms with Crippen LogP contribution >= 0.6 is 0 Å². The van der Waals surface area contributed by atoms with E-state index in [1.165, 1.54) is 10.4 Å². The standard InChI is InChI=1S/C21H21N3O3S.C2HF3O2/c25-21(23-18-9-10-20-16(14-18)7-5-11-22-20)17-6-4-8-19(15-17)28(26,27)24-12-2-1-3-13-24;3-2(4,5)1(6)7/h4-11,14-15H,1-3,12-13H2,(H,23,25);(H,6,7). The smallest absolute Gasteiger partial charge is 0.475 e. The number of halogens is 3. The lowest BCUT2D eigenvalue weighted by Crippen LogP contribution is -2.35. The van der Waals surface area contributed by atoms with Gasteiger partial charge in [-0.3, -0.25) is 9.78 Å². The Morgan fingerprint density at radius 3 is 2.31 bits per heavy atom. The highest BCUT2D eigenvalue weighted by molar-refractivity contribution is 7.89. The predicted molar refractivity (Wildman–Crippen MR) is 122 cm³/mol. The van der Waals surface area contributed by atoms with E-state index in [-0.39, 0.29) is 10.8 Å². The van der Waals surface area contributed by atoms with Crippen molar-refractivity contribution in [1.82, 2.24) is 9.29 Å². The molecule has 1 saturated heterocycles. The monoisotopic (exact) mass is 509 g/mol. The summed E-state index contributed by atoms with van der Waals surface area (Å²) in [7, 11) is -3.57. The maximum Gasteiger partial charge on any atom is 0.490 e. The van der Waals surface area contributed by atoms with Crippen LogP contribution in [0.5, 0.6) is 0 Å². The molecule has 2 aromatic carbocycles. The van der Waals surface area contributed by atoms with Crippen molar-refractivity contribution < 1.29 is 36.3 Å². The number of nitrogens with zero attached hydrogens (tertiary/aromatic N) is 2. The molecule has 186 valence electrons. The van der Waals surface area contributed by atoms with Gasteiger partial charge in [0.1, 0.15) is 0 Å². The van der Waals surface area contributed by atoms with Crippen LogP contribution in [0.2, 0.25) is 0 Å². The summed E-state index contributed by atoms with van der Waals surface area (Å²) in [6.07, 6.45) is -0.572. The molecule has 12 heteroatoms. The fourth-order valence-electron chi connectivity index (χ4n) is 3.41. The lowest BCUT2D eigenvalue weighted by atomic mass is 10.1. The molecule has 0 atom stereocenters. The maximum absolute atomic E-state index is 12.9. The number of hydrogen-bond donors (Lipinski definition) is 2. The first-order valence-electron chi connectivity index (χ1n) is 10.5. The maximum atomic E-state index is 12.9. The molecule has 1 amide bonds. The number of carboxylic acid groups (broad SMARTS) is 1. The quantitative estimate of drug-likeness (QED) is 0.542. The third-order valence-electron chi connectivity index (χ3n) is 5.15. The van der Waals surface area contributed by atoms with Gasteiger partial charge in [-0.25, -0.2) is 13.2 Å². The Kier molecular flexibility index (Phi) is 8.07. The van der Waals surface area contributed by atoms with Gasteiger partial charge >= 0.3 is 12.1 Å². The summed E-state index contributed by atoms with van der Waals surface area (Å²) in [6, 6.07) is 15.4. The molecule has 1 fully saturated rings. The van der Waals surface area contributed by atoms with Crippen molar-refractivity contribution in [2.24, 2.45) is 0 Å². The number of sulfonamides is 1. The Bertz CT molecular complexity index is 1320. The SMILES string of the molecule is O=C(Nc1ccc2ncccc2c1)c1cccc(S(=O)(=O)N2CCCCC2)c1.O=C(O)C(F)(F)F. The average Bonchev–Trinajstić information content (AvgIpc) is 2.84. The highest BCUT2D eigenvalue weighted by atomic mass is 32.2. The fourth-order valence-corrected chi connectivity index (χ4v) is 4.97. The van der Waals surface area contributed by atoms with E-state index in [1.807, 2.05) is 24.3 Å². The van der Waals surface area contributed by atoms with Crippen LogP contribution in [0.25, 0.3) is 10.9 Å². The number of rotatable bonds is 4. The van der Waals surface area contributed by atoms with Gasteiger partial charge in [0.05, 0.1) is 10.4 Å². The topological polar surface area (TPSA) is 117 Å². The lowest BCUT2D eigenvalue weighted by molar-refractivity contribution is -0.192. The number of anilines is 1. The van der Waals surface area contributed by atoms with Gasteiger partial charge in [0.2, 0.25) is 10.0 Å². The van der Waals surface area contributed by atoms with Crippen molar-refractivity contribution in [2.45, 2.75) is 30.3 Å². The molecule has 2 N–H and O–H groups in total. The minimum absolute atomic E-state index is 0.157. The molecule has 35 heavy (non-hydrogen) atoms. The largest absolute Gasteiger partial charge is 0.490 e. The molecule has 1 aromatic heterocycles. The molecule has 0 bridgehead atoms. The first-order chi connectivity index (χ1) is 16.5. The summed E-state index contributed by atoms with van der Waals surface area (Å²) in [4.78, 5) is 26.0. The Labute approximate surface area is 199 Å². The Hall–Kier alpha value is -3.51. The minimum atomic E-state index is -5.08. The van der Waals surface area contributed by atoms with Crippen LogP contribution in [-0.4, -0.2) is 54.0 Å². The number of nitrogens with one attached hydrogen (secondary N) is 1. The highest BCUT2D eigenvalue weighted by Gasteiger charge is 2.38. The van der Waals surface area contributed by atoms with Gasteiger partial charge in [-0.2, -0.15) is 17.5 Å². The molecule has 1 aliphatic rings. The first-order valence-corrected chi connectivity index (χ1v) is 12.0. The van der Waals surface area contributed by atoms with Crippen molar-refractivity contribution in [3.05, 3.63) is 66.4 Å². The highest BCUT2D eigenvalue weighted by Crippen LogP contribution is 2.22. The number of carbonyl (C=O) groups excluding carboxylic acids is 1. The number of amides is 1. The Morgan fingerprint density at radius 2 is 1.66 bits per heavy atom. The predicted octanol–water partition coefficient (Wildman–Crippen LogP) is 4.30. The summed E-state index contributed by atoms with van der Waals surface area (Å²) in [5.41, 5.74) is 1.79. The number of alkyl halides is 3. The van der Waals surface area contributed by atoms with Crippen LogP contribution in [0.1, 0.15) is 29.6 Å². The number of aromatic nitrogens is 1. The van der Waals surface area contributed by atoms with Crippen molar-refractivity contribution in [2.75, 3.05) is 18.4 Å². The molecule has 3 aromatic rings. The van der Waals surface area contributed by atoms with Crippen LogP contribution < -0.4 is 5.32 Å². The van der Waals surface area contributed by atoms with Crippen LogP contribution in [0.4, 0.5) is 18.9 Å². The average molecular weight is 510 g/mol. The van der Waals surface area contributed by atoms with Gasteiger partial charge in [-0.1, -0.05) is 18.6 Å². The fraction of sp³-hybridized carbons (Fsp3) is 0.261. The molecule has 0 aliphatic carbocycles. The summed E-state index contributed by atoms with van der Waals surface area (Å²) < 4.78 is 58.9. The normalized spacial score (nSPS) is 14.6. The van der Waals surface area contributed by atoms with Crippen LogP contribution in [0.15, 0.2) is 65.7 Å². The second kappa shape index (κ2) is 10.8. The zero-order chi connectivity index (χ0) is 25.6. The van der Waals surface area contributed by atoms with Crippen LogP contribution in [0.3, 0.4) is 0 Å². The molecule has 0 spiro atoms. The first kappa shape index (κ1) is 26.1. The Morgan fingerprint density at radius 1 is 0.971 bits per heavy atom. The third kappa shape index (κ3) is 6.76. The lowest BCUT2D eigenvalue weighted by Gasteiger charge is -2.26. The van der Waals surface area contributed by atoms with E-state index in [0.29, 0.717) is 24.3 Å². The number of hydrogen-bond acceptors (Lipinski definition) is 5.